The number of likely N-dealkylation sites (N-methyl/N-ethyl adjacent to an activating group) is 1. The van der Waals surface area contributed by atoms with Crippen molar-refractivity contribution in [2.45, 2.75) is 95.9 Å². The van der Waals surface area contributed by atoms with E-state index in [9.17, 15) is 24.3 Å². The van der Waals surface area contributed by atoms with E-state index in [0.29, 0.717) is 45.2 Å². The minimum atomic E-state index is -1.08. The number of amides is 3. The number of aryl methyl sites for hydroxylation is 1. The Labute approximate surface area is 227 Å². The molecule has 5 N–H and O–H groups in total. The summed E-state index contributed by atoms with van der Waals surface area (Å²) in [6, 6.07) is 9.44. The van der Waals surface area contributed by atoms with Gasteiger partial charge in [0, 0.05) is 26.4 Å². The maximum atomic E-state index is 12.3. The topological polar surface area (TPSA) is 142 Å². The van der Waals surface area contributed by atoms with Gasteiger partial charge in [-0.3, -0.25) is 14.4 Å². The second-order valence-corrected chi connectivity index (χ2v) is 9.91. The highest BCUT2D eigenvalue weighted by molar-refractivity contribution is 5.87. The van der Waals surface area contributed by atoms with Crippen LogP contribution in [0.15, 0.2) is 30.3 Å². The van der Waals surface area contributed by atoms with E-state index in [1.54, 1.807) is 7.05 Å². The summed E-state index contributed by atoms with van der Waals surface area (Å²) in [6.07, 6.45) is 11.2. The third kappa shape index (κ3) is 16.7. The molecule has 9 heteroatoms. The molecule has 0 heterocycles. The summed E-state index contributed by atoms with van der Waals surface area (Å²) in [7, 11) is 1.55. The van der Waals surface area contributed by atoms with Gasteiger partial charge in [0.2, 0.25) is 17.7 Å². The number of hydrogen-bond acceptors (Lipinski definition) is 5. The molecule has 1 aromatic carbocycles. The van der Waals surface area contributed by atoms with Crippen LogP contribution < -0.4 is 16.4 Å². The molecule has 0 aliphatic carbocycles. The van der Waals surface area contributed by atoms with Crippen LogP contribution in [0.5, 0.6) is 0 Å². The first kappa shape index (κ1) is 33.1. The molecule has 1 atom stereocenters. The van der Waals surface area contributed by atoms with Gasteiger partial charge >= 0.3 is 5.97 Å². The van der Waals surface area contributed by atoms with E-state index < -0.39 is 17.9 Å². The van der Waals surface area contributed by atoms with Crippen molar-refractivity contribution in [3.63, 3.8) is 0 Å². The summed E-state index contributed by atoms with van der Waals surface area (Å²) in [5, 5.41) is 14.7. The van der Waals surface area contributed by atoms with E-state index in [1.807, 2.05) is 6.07 Å². The van der Waals surface area contributed by atoms with Crippen LogP contribution in [-0.4, -0.2) is 66.4 Å². The largest absolute Gasteiger partial charge is 0.480 e. The highest BCUT2D eigenvalue weighted by Crippen LogP contribution is 2.09. The lowest BCUT2D eigenvalue weighted by Crippen LogP contribution is -2.46. The van der Waals surface area contributed by atoms with Crippen LogP contribution in [0.1, 0.15) is 89.0 Å². The van der Waals surface area contributed by atoms with Crippen LogP contribution in [0.2, 0.25) is 0 Å². The molecule has 0 spiro atoms. The minimum absolute atomic E-state index is 0.118. The van der Waals surface area contributed by atoms with Crippen molar-refractivity contribution >= 4 is 23.7 Å². The van der Waals surface area contributed by atoms with Gasteiger partial charge in [-0.1, -0.05) is 56.0 Å². The fraction of sp³-hybridized carbons (Fsp3) is 0.655. The first-order valence-corrected chi connectivity index (χ1v) is 14.1. The van der Waals surface area contributed by atoms with Gasteiger partial charge in [0.15, 0.2) is 0 Å². The first-order valence-electron chi connectivity index (χ1n) is 14.1. The zero-order valence-electron chi connectivity index (χ0n) is 23.1. The Hall–Kier alpha value is -2.94. The second kappa shape index (κ2) is 21.0. The highest BCUT2D eigenvalue weighted by atomic mass is 16.4. The van der Waals surface area contributed by atoms with E-state index in [1.165, 1.54) is 10.5 Å². The van der Waals surface area contributed by atoms with Crippen LogP contribution in [0.25, 0.3) is 0 Å². The molecule has 1 aromatic rings. The van der Waals surface area contributed by atoms with Crippen molar-refractivity contribution < 1.29 is 24.3 Å². The van der Waals surface area contributed by atoms with Crippen LogP contribution in [-0.2, 0) is 25.6 Å². The zero-order valence-corrected chi connectivity index (χ0v) is 23.1. The summed E-state index contributed by atoms with van der Waals surface area (Å²) in [5.41, 5.74) is 6.77. The summed E-state index contributed by atoms with van der Waals surface area (Å²) in [4.78, 5) is 49.0. The molecule has 38 heavy (non-hydrogen) atoms. The molecule has 9 nitrogen and oxygen atoms in total. The first-order chi connectivity index (χ1) is 18.3. The van der Waals surface area contributed by atoms with Gasteiger partial charge in [-0.2, -0.15) is 0 Å². The molecule has 0 saturated carbocycles. The lowest BCUT2D eigenvalue weighted by Gasteiger charge is -2.19. The van der Waals surface area contributed by atoms with Gasteiger partial charge in [0.05, 0.1) is 6.54 Å². The van der Waals surface area contributed by atoms with Crippen LogP contribution in [0, 0.1) is 0 Å². The summed E-state index contributed by atoms with van der Waals surface area (Å²) in [6.45, 7) is 1.000. The summed E-state index contributed by atoms with van der Waals surface area (Å²) >= 11 is 0. The van der Waals surface area contributed by atoms with Crippen molar-refractivity contribution in [3.05, 3.63) is 35.9 Å². The van der Waals surface area contributed by atoms with Crippen LogP contribution >= 0.6 is 0 Å². The van der Waals surface area contributed by atoms with Gasteiger partial charge in [0.1, 0.15) is 6.04 Å². The predicted octanol–water partition coefficient (Wildman–Crippen LogP) is 3.40. The number of rotatable bonds is 22. The number of nitrogens with zero attached hydrogens (tertiary/aromatic N) is 1. The SMILES string of the molecule is CN(CC(=O)N[C@@H](CCCCN)C(=O)O)C(=O)CCCCCCCNC(=O)CCCCCc1ccccc1. The summed E-state index contributed by atoms with van der Waals surface area (Å²) in [5.74, 6) is -1.58. The van der Waals surface area contributed by atoms with E-state index in [0.717, 1.165) is 57.8 Å². The number of nitrogens with one attached hydrogen (secondary N) is 2. The number of aliphatic carboxylic acids is 1. The number of unbranched alkanes of at least 4 members (excludes halogenated alkanes) is 7. The van der Waals surface area contributed by atoms with Crippen molar-refractivity contribution in [2.75, 3.05) is 26.7 Å². The molecule has 1 rings (SSSR count). The number of benzene rings is 1. The van der Waals surface area contributed by atoms with Crippen molar-refractivity contribution in [1.82, 2.24) is 15.5 Å². The Morgan fingerprint density at radius 1 is 0.842 bits per heavy atom. The van der Waals surface area contributed by atoms with Crippen molar-refractivity contribution in [1.29, 1.82) is 0 Å². The lowest BCUT2D eigenvalue weighted by atomic mass is 10.1. The number of carbonyl (C=O) groups is 4. The Balaban J connectivity index is 2.01. The van der Waals surface area contributed by atoms with Crippen LogP contribution in [0.3, 0.4) is 0 Å². The monoisotopic (exact) mass is 532 g/mol. The molecule has 214 valence electrons. The van der Waals surface area contributed by atoms with Gasteiger partial charge in [0.25, 0.3) is 0 Å². The normalized spacial score (nSPS) is 11.5. The number of nitrogens with two attached hydrogens (primary N) is 1. The number of carbonyl (C=O) groups excluding carboxylic acids is 3. The fourth-order valence-electron chi connectivity index (χ4n) is 4.17. The average molecular weight is 533 g/mol. The molecular weight excluding hydrogens is 484 g/mol. The van der Waals surface area contributed by atoms with Gasteiger partial charge in [-0.25, -0.2) is 4.79 Å². The van der Waals surface area contributed by atoms with Gasteiger partial charge in [-0.15, -0.1) is 0 Å². The molecule has 0 unspecified atom stereocenters. The molecule has 0 fully saturated rings. The highest BCUT2D eigenvalue weighted by Gasteiger charge is 2.21. The van der Waals surface area contributed by atoms with Crippen molar-refractivity contribution in [2.24, 2.45) is 5.73 Å². The molecule has 0 radical (unpaired) electrons. The Kier molecular flexibility index (Phi) is 18.3. The number of carboxylic acid groups (broad SMARTS) is 1. The molecule has 0 aliphatic rings. The van der Waals surface area contributed by atoms with Crippen LogP contribution in [0.4, 0.5) is 0 Å². The van der Waals surface area contributed by atoms with E-state index >= 15 is 0 Å². The predicted molar refractivity (Wildman–Crippen MR) is 149 cm³/mol. The Morgan fingerprint density at radius 3 is 2.21 bits per heavy atom. The molecule has 0 bridgehead atoms. The molecule has 0 saturated heterocycles. The third-order valence-corrected chi connectivity index (χ3v) is 6.49. The van der Waals surface area contributed by atoms with Crippen molar-refractivity contribution in [3.8, 4) is 0 Å². The van der Waals surface area contributed by atoms with E-state index in [-0.39, 0.29) is 18.4 Å². The number of carboxylic acids is 1. The quantitative estimate of drug-likeness (QED) is 0.169. The van der Waals surface area contributed by atoms with E-state index in [2.05, 4.69) is 34.9 Å². The molecule has 3 amide bonds. The average Bonchev–Trinajstić information content (AvgIpc) is 2.89. The fourth-order valence-corrected chi connectivity index (χ4v) is 4.17. The maximum Gasteiger partial charge on any atom is 0.326 e. The second-order valence-electron chi connectivity index (χ2n) is 9.91. The maximum absolute atomic E-state index is 12.3. The van der Waals surface area contributed by atoms with Gasteiger partial charge in [-0.05, 0) is 63.5 Å². The molecule has 0 aliphatic heterocycles. The summed E-state index contributed by atoms with van der Waals surface area (Å²) < 4.78 is 0. The smallest absolute Gasteiger partial charge is 0.326 e. The Bertz CT molecular complexity index is 818. The molecule has 0 aromatic heterocycles. The zero-order chi connectivity index (χ0) is 28.0. The molecular formula is C29H48N4O5. The number of hydrogen-bond donors (Lipinski definition) is 4. The minimum Gasteiger partial charge on any atom is -0.480 e. The van der Waals surface area contributed by atoms with Gasteiger partial charge < -0.3 is 26.4 Å². The Morgan fingerprint density at radius 2 is 1.50 bits per heavy atom. The standard InChI is InChI=1S/C29H48N4O5/c1-33(23-27(35)32-25(29(37)38)18-12-13-21-30)28(36)20-11-3-2-4-14-22-31-26(34)19-10-6-9-17-24-15-7-5-8-16-24/h5,7-8,15-16,25H,2-4,6,9-14,17-23,30H2,1H3,(H,31,34)(H,32,35)(H,37,38)/t25-/m0/s1. The lowest BCUT2D eigenvalue weighted by molar-refractivity contribution is -0.142. The van der Waals surface area contributed by atoms with E-state index in [4.69, 9.17) is 5.73 Å². The third-order valence-electron chi connectivity index (χ3n) is 6.49.